The second-order valence-corrected chi connectivity index (χ2v) is 7.72. The van der Waals surface area contributed by atoms with Gasteiger partial charge in [0.15, 0.2) is 6.10 Å². The molecule has 1 aromatic heterocycles. The van der Waals surface area contributed by atoms with Gasteiger partial charge in [0.25, 0.3) is 0 Å². The maximum Gasteiger partial charge on any atom is 0.345 e. The van der Waals surface area contributed by atoms with Crippen molar-refractivity contribution in [2.24, 2.45) is 0 Å². The van der Waals surface area contributed by atoms with Gasteiger partial charge in [0, 0.05) is 12.6 Å². The number of carbonyl (C=O) groups is 2. The van der Waals surface area contributed by atoms with Crippen molar-refractivity contribution < 1.29 is 24.2 Å². The van der Waals surface area contributed by atoms with Crippen molar-refractivity contribution in [3.63, 3.8) is 0 Å². The van der Waals surface area contributed by atoms with Gasteiger partial charge in [-0.2, -0.15) is 11.8 Å². The number of esters is 1. The van der Waals surface area contributed by atoms with Crippen molar-refractivity contribution in [2.45, 2.75) is 19.1 Å². The van der Waals surface area contributed by atoms with E-state index in [0.717, 1.165) is 11.1 Å². The summed E-state index contributed by atoms with van der Waals surface area (Å²) in [6.45, 7) is 0.298. The van der Waals surface area contributed by atoms with Gasteiger partial charge in [-0.05, 0) is 53.0 Å². The molecule has 0 fully saturated rings. The zero-order valence-electron chi connectivity index (χ0n) is 17.1. The number of hydrogen-bond acceptors (Lipinski definition) is 6. The zero-order valence-corrected chi connectivity index (χ0v) is 17.9. The number of carbonyl (C=O) groups excluding carboxylic acids is 1. The van der Waals surface area contributed by atoms with E-state index in [1.54, 1.807) is 30.6 Å². The Bertz CT molecular complexity index is 1010. The third kappa shape index (κ3) is 6.33. The summed E-state index contributed by atoms with van der Waals surface area (Å²) in [5.41, 5.74) is 2.66. The van der Waals surface area contributed by atoms with Gasteiger partial charge in [0.1, 0.15) is 12.4 Å². The van der Waals surface area contributed by atoms with E-state index < -0.39 is 18.0 Å². The molecule has 2 aromatic carbocycles. The topological polar surface area (TPSA) is 85.7 Å². The third-order valence-corrected chi connectivity index (χ3v) is 5.18. The summed E-state index contributed by atoms with van der Waals surface area (Å²) in [5.74, 6) is -0.581. The van der Waals surface area contributed by atoms with Crippen LogP contribution in [0, 0.1) is 0 Å². The predicted molar refractivity (Wildman–Crippen MR) is 120 cm³/mol. The van der Waals surface area contributed by atoms with Gasteiger partial charge in [-0.1, -0.05) is 36.4 Å². The molecule has 31 heavy (non-hydrogen) atoms. The van der Waals surface area contributed by atoms with E-state index in [0.29, 0.717) is 29.2 Å². The molecule has 0 aliphatic heterocycles. The van der Waals surface area contributed by atoms with Crippen LogP contribution in [0.1, 0.15) is 22.3 Å². The van der Waals surface area contributed by atoms with E-state index in [1.165, 1.54) is 11.8 Å². The number of nitrogens with zero attached hydrogens (tertiary/aromatic N) is 1. The summed E-state index contributed by atoms with van der Waals surface area (Å²) in [6, 6.07) is 18.3. The Kier molecular flexibility index (Phi) is 8.06. The van der Waals surface area contributed by atoms with E-state index in [2.05, 4.69) is 4.98 Å². The highest BCUT2D eigenvalue weighted by Gasteiger charge is 2.24. The molecule has 3 rings (SSSR count). The zero-order chi connectivity index (χ0) is 22.1. The van der Waals surface area contributed by atoms with Crippen molar-refractivity contribution in [2.75, 3.05) is 12.0 Å². The lowest BCUT2D eigenvalue weighted by atomic mass is 9.97. The first-order valence-electron chi connectivity index (χ1n) is 9.72. The van der Waals surface area contributed by atoms with E-state index in [9.17, 15) is 14.7 Å². The Morgan fingerprint density at radius 2 is 1.90 bits per heavy atom. The van der Waals surface area contributed by atoms with Gasteiger partial charge in [-0.3, -0.25) is 4.98 Å². The quantitative estimate of drug-likeness (QED) is 0.461. The van der Waals surface area contributed by atoms with Gasteiger partial charge >= 0.3 is 11.9 Å². The van der Waals surface area contributed by atoms with E-state index in [-0.39, 0.29) is 6.42 Å². The number of aromatic nitrogens is 1. The molecule has 3 aromatic rings. The Morgan fingerprint density at radius 3 is 2.58 bits per heavy atom. The maximum atomic E-state index is 12.9. The summed E-state index contributed by atoms with van der Waals surface area (Å²) in [7, 11) is 0. The molecule has 0 radical (unpaired) electrons. The smallest absolute Gasteiger partial charge is 0.345 e. The Balaban J connectivity index is 1.86. The number of benzene rings is 2. The van der Waals surface area contributed by atoms with Crippen molar-refractivity contribution in [1.82, 2.24) is 4.98 Å². The number of pyridine rings is 1. The average Bonchev–Trinajstić information content (AvgIpc) is 2.81. The fourth-order valence-electron chi connectivity index (χ4n) is 2.97. The second-order valence-electron chi connectivity index (χ2n) is 6.74. The van der Waals surface area contributed by atoms with Crippen LogP contribution in [0.5, 0.6) is 5.75 Å². The minimum atomic E-state index is -1.18. The van der Waals surface area contributed by atoms with E-state index in [4.69, 9.17) is 9.47 Å². The summed E-state index contributed by atoms with van der Waals surface area (Å²) in [5, 5.41) is 9.40. The van der Waals surface area contributed by atoms with Crippen LogP contribution in [-0.4, -0.2) is 40.1 Å². The fraction of sp³-hybridized carbons (Fsp3) is 0.208. The Hall–Kier alpha value is -3.32. The molecule has 160 valence electrons. The summed E-state index contributed by atoms with van der Waals surface area (Å²) >= 11 is 1.50. The van der Waals surface area contributed by atoms with Crippen LogP contribution in [0.25, 0.3) is 11.1 Å². The van der Waals surface area contributed by atoms with Crippen molar-refractivity contribution in [3.05, 3.63) is 84.2 Å². The Morgan fingerprint density at radius 1 is 1.10 bits per heavy atom. The van der Waals surface area contributed by atoms with E-state index >= 15 is 0 Å². The molecular formula is C24H23NO5S. The minimum Gasteiger partial charge on any atom is -0.487 e. The molecular weight excluding hydrogens is 414 g/mol. The van der Waals surface area contributed by atoms with Gasteiger partial charge < -0.3 is 14.6 Å². The molecule has 0 spiro atoms. The van der Waals surface area contributed by atoms with Crippen molar-refractivity contribution in [3.8, 4) is 16.9 Å². The standard InChI is InChI=1S/C24H23NO5S/c1-31-13-11-22(23(26)27)30-24(28)20-10-9-17(16-29-19-8-5-12-25-15-19)14-21(20)18-6-3-2-4-7-18/h2-10,12,14-15,22H,11,13,16H2,1H3,(H,26,27). The van der Waals surface area contributed by atoms with Crippen LogP contribution < -0.4 is 4.74 Å². The molecule has 1 atom stereocenters. The number of thioether (sulfide) groups is 1. The van der Waals surface area contributed by atoms with Crippen LogP contribution >= 0.6 is 11.8 Å². The lowest BCUT2D eigenvalue weighted by molar-refractivity contribution is -0.147. The largest absolute Gasteiger partial charge is 0.487 e. The molecule has 1 heterocycles. The highest BCUT2D eigenvalue weighted by atomic mass is 32.2. The SMILES string of the molecule is CSCCC(OC(=O)c1ccc(COc2cccnc2)cc1-c1ccccc1)C(=O)O. The molecule has 7 heteroatoms. The number of aliphatic carboxylic acids is 1. The summed E-state index contributed by atoms with van der Waals surface area (Å²) in [4.78, 5) is 28.4. The maximum absolute atomic E-state index is 12.9. The summed E-state index contributed by atoms with van der Waals surface area (Å²) < 4.78 is 11.1. The second kappa shape index (κ2) is 11.2. The Labute approximate surface area is 185 Å². The molecule has 0 amide bonds. The van der Waals surface area contributed by atoms with Crippen LogP contribution in [0.15, 0.2) is 73.1 Å². The first kappa shape index (κ1) is 22.4. The first-order valence-corrected chi connectivity index (χ1v) is 11.1. The number of ether oxygens (including phenoxy) is 2. The van der Waals surface area contributed by atoms with Gasteiger partial charge in [-0.25, -0.2) is 9.59 Å². The molecule has 0 aliphatic carbocycles. The molecule has 6 nitrogen and oxygen atoms in total. The monoisotopic (exact) mass is 437 g/mol. The van der Waals surface area contributed by atoms with Crippen LogP contribution in [0.3, 0.4) is 0 Å². The number of carboxylic acids is 1. The highest BCUT2D eigenvalue weighted by Crippen LogP contribution is 2.27. The summed E-state index contributed by atoms with van der Waals surface area (Å²) in [6.07, 6.45) is 4.24. The van der Waals surface area contributed by atoms with E-state index in [1.807, 2.05) is 48.7 Å². The van der Waals surface area contributed by atoms with Crippen LogP contribution in [0.4, 0.5) is 0 Å². The molecule has 0 aliphatic rings. The molecule has 1 unspecified atom stereocenters. The van der Waals surface area contributed by atoms with Gasteiger partial charge in [0.05, 0.1) is 11.8 Å². The number of carboxylic acid groups (broad SMARTS) is 1. The predicted octanol–water partition coefficient (Wildman–Crippen LogP) is 4.69. The molecule has 0 saturated carbocycles. The third-order valence-electron chi connectivity index (χ3n) is 4.54. The first-order chi connectivity index (χ1) is 15.1. The highest BCUT2D eigenvalue weighted by molar-refractivity contribution is 7.98. The van der Waals surface area contributed by atoms with Crippen molar-refractivity contribution in [1.29, 1.82) is 0 Å². The van der Waals surface area contributed by atoms with Crippen LogP contribution in [0.2, 0.25) is 0 Å². The molecule has 1 N–H and O–H groups in total. The molecule has 0 saturated heterocycles. The number of rotatable bonds is 10. The normalized spacial score (nSPS) is 11.5. The average molecular weight is 438 g/mol. The van der Waals surface area contributed by atoms with Gasteiger partial charge in [-0.15, -0.1) is 0 Å². The number of hydrogen-bond donors (Lipinski definition) is 1. The minimum absolute atomic E-state index is 0.250. The lowest BCUT2D eigenvalue weighted by Crippen LogP contribution is -2.28. The molecule has 0 bridgehead atoms. The van der Waals surface area contributed by atoms with Crippen LogP contribution in [-0.2, 0) is 16.1 Å². The fourth-order valence-corrected chi connectivity index (χ4v) is 3.42. The lowest BCUT2D eigenvalue weighted by Gasteiger charge is -2.16. The van der Waals surface area contributed by atoms with Crippen molar-refractivity contribution >= 4 is 23.7 Å². The van der Waals surface area contributed by atoms with Gasteiger partial charge in [0.2, 0.25) is 0 Å².